The predicted octanol–water partition coefficient (Wildman–Crippen LogP) is 2.27. The summed E-state index contributed by atoms with van der Waals surface area (Å²) in [6.07, 6.45) is 3.43. The minimum absolute atomic E-state index is 0.479. The van der Waals surface area contributed by atoms with Crippen LogP contribution < -0.4 is 0 Å². The largest absolute Gasteiger partial charge is 0.374 e. The van der Waals surface area contributed by atoms with Crippen LogP contribution >= 0.6 is 15.9 Å². The quantitative estimate of drug-likeness (QED) is 0.694. The van der Waals surface area contributed by atoms with Gasteiger partial charge in [0.05, 0.1) is 12.2 Å². The molecular weight excluding hydrogens is 230 g/mol. The van der Waals surface area contributed by atoms with E-state index < -0.39 is 0 Å². The molecule has 2 nitrogen and oxygen atoms in total. The standard InChI is InChI=1S/C10H20BrNO/c1-3-12(7-6-11)8-10-5-4-9(2)13-10/h9-10H,3-8H2,1-2H3. The molecule has 0 spiro atoms. The van der Waals surface area contributed by atoms with E-state index in [0.717, 1.165) is 25.0 Å². The maximum absolute atomic E-state index is 5.78. The highest BCUT2D eigenvalue weighted by molar-refractivity contribution is 9.09. The molecule has 0 bridgehead atoms. The SMILES string of the molecule is CCN(CCBr)CC1CCC(C)O1. The second-order valence-corrected chi connectivity index (χ2v) is 4.52. The topological polar surface area (TPSA) is 12.5 Å². The zero-order valence-electron chi connectivity index (χ0n) is 8.63. The Balaban J connectivity index is 2.21. The maximum Gasteiger partial charge on any atom is 0.0706 e. The van der Waals surface area contributed by atoms with E-state index in [1.165, 1.54) is 12.8 Å². The Kier molecular flexibility index (Phi) is 5.29. The van der Waals surface area contributed by atoms with Crippen molar-refractivity contribution in [3.05, 3.63) is 0 Å². The molecule has 1 aliphatic heterocycles. The highest BCUT2D eigenvalue weighted by atomic mass is 79.9. The zero-order valence-corrected chi connectivity index (χ0v) is 10.2. The molecule has 1 fully saturated rings. The van der Waals surface area contributed by atoms with E-state index in [2.05, 4.69) is 34.7 Å². The van der Waals surface area contributed by atoms with Gasteiger partial charge >= 0.3 is 0 Å². The molecule has 0 aliphatic carbocycles. The second kappa shape index (κ2) is 5.99. The van der Waals surface area contributed by atoms with Crippen LogP contribution in [0.2, 0.25) is 0 Å². The van der Waals surface area contributed by atoms with Gasteiger partial charge in [0, 0.05) is 18.4 Å². The minimum atomic E-state index is 0.479. The van der Waals surface area contributed by atoms with Gasteiger partial charge in [-0.15, -0.1) is 0 Å². The summed E-state index contributed by atoms with van der Waals surface area (Å²) in [5, 5.41) is 1.06. The van der Waals surface area contributed by atoms with Gasteiger partial charge in [0.25, 0.3) is 0 Å². The molecule has 0 saturated carbocycles. The molecular formula is C10H20BrNO. The van der Waals surface area contributed by atoms with Crippen molar-refractivity contribution in [2.24, 2.45) is 0 Å². The van der Waals surface area contributed by atoms with Gasteiger partial charge in [-0.2, -0.15) is 0 Å². The Morgan fingerprint density at radius 3 is 2.69 bits per heavy atom. The molecule has 3 heteroatoms. The Labute approximate surface area is 89.8 Å². The van der Waals surface area contributed by atoms with Crippen LogP contribution in [0.15, 0.2) is 0 Å². The number of likely N-dealkylation sites (N-methyl/N-ethyl adjacent to an activating group) is 1. The fraction of sp³-hybridized carbons (Fsp3) is 1.00. The van der Waals surface area contributed by atoms with E-state index in [9.17, 15) is 0 Å². The number of halogens is 1. The third-order valence-electron chi connectivity index (χ3n) is 2.63. The van der Waals surface area contributed by atoms with Crippen LogP contribution in [0.4, 0.5) is 0 Å². The van der Waals surface area contributed by atoms with E-state index in [-0.39, 0.29) is 0 Å². The van der Waals surface area contributed by atoms with Crippen LogP contribution in [0.1, 0.15) is 26.7 Å². The second-order valence-electron chi connectivity index (χ2n) is 3.73. The van der Waals surface area contributed by atoms with E-state index in [1.807, 2.05) is 0 Å². The number of hydrogen-bond acceptors (Lipinski definition) is 2. The van der Waals surface area contributed by atoms with Gasteiger partial charge in [0.2, 0.25) is 0 Å². The number of hydrogen-bond donors (Lipinski definition) is 0. The van der Waals surface area contributed by atoms with Crippen LogP contribution in [-0.4, -0.2) is 42.1 Å². The summed E-state index contributed by atoms with van der Waals surface area (Å²) in [5.74, 6) is 0. The molecule has 78 valence electrons. The van der Waals surface area contributed by atoms with Crippen molar-refractivity contribution in [1.82, 2.24) is 4.90 Å². The third-order valence-corrected chi connectivity index (χ3v) is 2.98. The first kappa shape index (κ1) is 11.5. The van der Waals surface area contributed by atoms with Crippen molar-refractivity contribution in [3.63, 3.8) is 0 Å². The molecule has 13 heavy (non-hydrogen) atoms. The number of nitrogens with zero attached hydrogens (tertiary/aromatic N) is 1. The van der Waals surface area contributed by atoms with Crippen LogP contribution in [-0.2, 0) is 4.74 Å². The number of alkyl halides is 1. The van der Waals surface area contributed by atoms with Crippen LogP contribution in [0.5, 0.6) is 0 Å². The summed E-state index contributed by atoms with van der Waals surface area (Å²) in [4.78, 5) is 2.44. The molecule has 1 saturated heterocycles. The van der Waals surface area contributed by atoms with Crippen molar-refractivity contribution in [2.45, 2.75) is 38.9 Å². The Morgan fingerprint density at radius 1 is 1.46 bits per heavy atom. The molecule has 0 aromatic heterocycles. The van der Waals surface area contributed by atoms with E-state index in [4.69, 9.17) is 4.74 Å². The van der Waals surface area contributed by atoms with Crippen LogP contribution in [0, 0.1) is 0 Å². The van der Waals surface area contributed by atoms with Gasteiger partial charge in [-0.3, -0.25) is 0 Å². The summed E-state index contributed by atoms with van der Waals surface area (Å²) in [7, 11) is 0. The molecule has 0 amide bonds. The van der Waals surface area contributed by atoms with E-state index in [1.54, 1.807) is 0 Å². The van der Waals surface area contributed by atoms with Gasteiger partial charge in [-0.05, 0) is 26.3 Å². The normalized spacial score (nSPS) is 28.6. The van der Waals surface area contributed by atoms with Gasteiger partial charge in [-0.25, -0.2) is 0 Å². The molecule has 1 rings (SSSR count). The average molecular weight is 250 g/mol. The highest BCUT2D eigenvalue weighted by Gasteiger charge is 2.22. The van der Waals surface area contributed by atoms with Gasteiger partial charge < -0.3 is 9.64 Å². The fourth-order valence-electron chi connectivity index (χ4n) is 1.81. The number of rotatable bonds is 5. The molecule has 0 aromatic carbocycles. The molecule has 0 N–H and O–H groups in total. The van der Waals surface area contributed by atoms with Crippen LogP contribution in [0.3, 0.4) is 0 Å². The number of ether oxygens (including phenoxy) is 1. The predicted molar refractivity (Wildman–Crippen MR) is 59.5 cm³/mol. The molecule has 1 heterocycles. The van der Waals surface area contributed by atoms with Crippen molar-refractivity contribution >= 4 is 15.9 Å². The molecule has 1 aliphatic rings. The molecule has 2 unspecified atom stereocenters. The lowest BCUT2D eigenvalue weighted by atomic mass is 10.2. The lowest BCUT2D eigenvalue weighted by Gasteiger charge is -2.22. The first-order valence-corrected chi connectivity index (χ1v) is 6.32. The van der Waals surface area contributed by atoms with Crippen molar-refractivity contribution < 1.29 is 4.74 Å². The average Bonchev–Trinajstić information content (AvgIpc) is 2.50. The monoisotopic (exact) mass is 249 g/mol. The van der Waals surface area contributed by atoms with Crippen molar-refractivity contribution in [2.75, 3.05) is 25.0 Å². The maximum atomic E-state index is 5.78. The zero-order chi connectivity index (χ0) is 9.68. The summed E-state index contributed by atoms with van der Waals surface area (Å²) >= 11 is 3.47. The van der Waals surface area contributed by atoms with Gasteiger partial charge in [0.15, 0.2) is 0 Å². The fourth-order valence-corrected chi connectivity index (χ4v) is 2.31. The lowest BCUT2D eigenvalue weighted by molar-refractivity contribution is 0.0338. The first-order chi connectivity index (χ1) is 6.26. The minimum Gasteiger partial charge on any atom is -0.374 e. The Morgan fingerprint density at radius 2 is 2.23 bits per heavy atom. The Hall–Kier alpha value is 0.400. The smallest absolute Gasteiger partial charge is 0.0706 e. The van der Waals surface area contributed by atoms with Gasteiger partial charge in [-0.1, -0.05) is 22.9 Å². The van der Waals surface area contributed by atoms with Crippen LogP contribution in [0.25, 0.3) is 0 Å². The summed E-state index contributed by atoms with van der Waals surface area (Å²) in [6, 6.07) is 0. The lowest BCUT2D eigenvalue weighted by Crippen LogP contribution is -2.33. The van der Waals surface area contributed by atoms with E-state index in [0.29, 0.717) is 12.2 Å². The summed E-state index contributed by atoms with van der Waals surface area (Å²) in [5.41, 5.74) is 0. The summed E-state index contributed by atoms with van der Waals surface area (Å²) < 4.78 is 5.78. The van der Waals surface area contributed by atoms with Crippen molar-refractivity contribution in [1.29, 1.82) is 0 Å². The van der Waals surface area contributed by atoms with Gasteiger partial charge in [0.1, 0.15) is 0 Å². The summed E-state index contributed by atoms with van der Waals surface area (Å²) in [6.45, 7) is 7.73. The highest BCUT2D eigenvalue weighted by Crippen LogP contribution is 2.19. The first-order valence-electron chi connectivity index (χ1n) is 5.20. The molecule has 0 radical (unpaired) electrons. The molecule has 2 atom stereocenters. The molecule has 0 aromatic rings. The van der Waals surface area contributed by atoms with Crippen molar-refractivity contribution in [3.8, 4) is 0 Å². The Bertz CT molecular complexity index is 141. The van der Waals surface area contributed by atoms with E-state index >= 15 is 0 Å². The third kappa shape index (κ3) is 3.96.